The quantitative estimate of drug-likeness (QED) is 0.0206. The summed E-state index contributed by atoms with van der Waals surface area (Å²) in [5.74, 6) is -0.00181. The molecule has 0 saturated carbocycles. The van der Waals surface area contributed by atoms with Crippen molar-refractivity contribution in [1.29, 1.82) is 0 Å². The van der Waals surface area contributed by atoms with Crippen LogP contribution in [0.15, 0.2) is 255 Å². The van der Waals surface area contributed by atoms with E-state index < -0.39 is 270 Å². The molecule has 0 spiro atoms. The van der Waals surface area contributed by atoms with Crippen molar-refractivity contribution in [2.24, 2.45) is 0 Å². The van der Waals surface area contributed by atoms with Gasteiger partial charge in [0.1, 0.15) is 73.9 Å². The van der Waals surface area contributed by atoms with Gasteiger partial charge in [0, 0.05) is 32.9 Å². The second-order valence-electron chi connectivity index (χ2n) is 31.3. The maximum absolute atomic E-state index is 10.6. The maximum atomic E-state index is 10.6. The fraction of sp³-hybridized carbons (Fsp3) is 0.429. The molecule has 0 aliphatic heterocycles. The summed E-state index contributed by atoms with van der Waals surface area (Å²) in [6.45, 7) is -8.73. The van der Waals surface area contributed by atoms with E-state index in [4.69, 9.17) is 163 Å². The van der Waals surface area contributed by atoms with E-state index in [1.54, 1.807) is 133 Å². The van der Waals surface area contributed by atoms with Crippen molar-refractivity contribution in [3.8, 4) is 103 Å². The first-order chi connectivity index (χ1) is 93.7. The third kappa shape index (κ3) is 49.5. The summed E-state index contributed by atoms with van der Waals surface area (Å²) >= 11 is 0. The van der Waals surface area contributed by atoms with E-state index >= 15 is 0 Å². The van der Waals surface area contributed by atoms with Crippen LogP contribution in [-0.2, 0) is 38.3 Å². The lowest BCUT2D eigenvalue weighted by Gasteiger charge is -2.13. The van der Waals surface area contributed by atoms with Crippen LogP contribution in [0.25, 0.3) is 0 Å². The summed E-state index contributed by atoms with van der Waals surface area (Å²) in [5, 5.41) is 63.5. The van der Waals surface area contributed by atoms with Gasteiger partial charge in [-0.25, -0.2) is 0 Å². The van der Waals surface area contributed by atoms with Gasteiger partial charge in [-0.1, -0.05) is 148 Å². The lowest BCUT2D eigenvalue weighted by molar-refractivity contribution is 0.0976. The molecule has 0 radical (unpaired) electrons. The number of benzene rings is 12. The predicted octanol–water partition coefficient (Wildman–Crippen LogP) is 25.0. The second kappa shape index (κ2) is 72.3. The summed E-state index contributed by atoms with van der Waals surface area (Å²) in [7, 11) is -4.75. The first-order valence-electron chi connectivity index (χ1n) is 74.6. The van der Waals surface area contributed by atoms with E-state index in [1.165, 1.54) is 189 Å². The van der Waals surface area contributed by atoms with E-state index in [9.17, 15) is 30.6 Å². The van der Waals surface area contributed by atoms with Gasteiger partial charge in [-0.15, -0.1) is 0 Å². The monoisotopic (exact) mass is 2120 g/mol. The molecule has 6 unspecified atom stereocenters. The van der Waals surface area contributed by atoms with Crippen LogP contribution in [-0.4, -0.2) is 191 Å². The molecule has 24 nitrogen and oxygen atoms in total. The molecule has 816 valence electrons. The van der Waals surface area contributed by atoms with Crippen LogP contribution < -0.4 is 85.3 Å². The first-order valence-corrected chi connectivity index (χ1v) is 46.1. The number of aliphatic hydroxyl groups is 6. The molecule has 24 heteroatoms. The minimum absolute atomic E-state index is 0.00161. The van der Waals surface area contributed by atoms with E-state index in [0.29, 0.717) is 39.7 Å². The van der Waals surface area contributed by atoms with Gasteiger partial charge in [0.25, 0.3) is 0 Å². The Balaban J connectivity index is 0.000000329. The van der Waals surface area contributed by atoms with Gasteiger partial charge >= 0.3 is 0 Å². The van der Waals surface area contributed by atoms with Crippen molar-refractivity contribution in [3.63, 3.8) is 0 Å². The molecule has 150 heavy (non-hydrogen) atoms. The minimum Gasteiger partial charge on any atom is -0.493 e. The van der Waals surface area contributed by atoms with Crippen molar-refractivity contribution in [3.05, 3.63) is 322 Å². The first kappa shape index (κ1) is 63.2. The smallest absolute Gasteiger partial charge is 0.160 e. The topological polar surface area (TPSA) is 288 Å². The molecule has 6 N–H and O–H groups in total. The van der Waals surface area contributed by atoms with Crippen LogP contribution in [0, 0.1) is 41.5 Å². The van der Waals surface area contributed by atoms with E-state index in [1.807, 2.05) is 0 Å². The van der Waals surface area contributed by atoms with Crippen LogP contribution in [0.1, 0.15) is 260 Å². The SMILES string of the molecule is [2H]C([2H])(CCC([2H])([2H])C([2H])(O)C([2H])([2H])Oc1cccc(C)c1)c1ccc(OC)c(OC)c1.[2H]C([2H])(Cc1ccc(OC)c(OC([2H])([2H])[2H])c1)CC([2H])([2H])C([2H])(O)C([2H])([2H])Oc1cccc(C)c1.[2H]C([2H])(Cc1ccc(OC)c(OC)c1)CC([2H])([2H])C([2H])(O)C([2H])([2H])Oc1cccc(C)c1.[2H]C([2H])([2H])Oc1cc(C([2H])([2H])CCC([2H])([2H])C([2H])(O)C([2H])([2H])Oc2cccc(C)c2)ccc1OC.[2H]C([2H])([2H])Oc1ccc(C([2H])([2H])CCC([2H])([2H])C([2H])(O)C([2H])([2H])Oc2cccc(C)c2)cc1OC.[2H]C([2H])([2H])Oc1ccc(C([2H])([2H])CCC([2H])([2H])C([2H])(O)C([2H])([2H])Oc2cccc(C)c2)cc1OC([2H])([2H])[2H]. The normalized spacial score (nSPS) is 20.9. The Bertz CT molecular complexity index is 8540. The average Bonchev–Trinajstić information content (AvgIpc) is 0.773. The van der Waals surface area contributed by atoms with Gasteiger partial charge in [-0.05, 0) is 369 Å². The van der Waals surface area contributed by atoms with Gasteiger partial charge in [0.05, 0.1) is 167 Å². The Morgan fingerprint density at radius 1 is 0.207 bits per heavy atom. The number of methoxy groups -OCH3 is 12. The Kier molecular flexibility index (Phi) is 30.4. The largest absolute Gasteiger partial charge is 0.493 e. The van der Waals surface area contributed by atoms with Crippen LogP contribution in [0.4, 0.5) is 0 Å². The second-order valence-corrected chi connectivity index (χ2v) is 31.3. The van der Waals surface area contributed by atoms with Crippen LogP contribution >= 0.6 is 0 Å². The molecule has 0 saturated heterocycles. The number of hydrogen-bond acceptors (Lipinski definition) is 24. The van der Waals surface area contributed by atoms with E-state index in [2.05, 4.69) is 0 Å². The predicted molar refractivity (Wildman–Crippen MR) is 599 cm³/mol. The summed E-state index contributed by atoms with van der Waals surface area (Å²) in [6.07, 6.45) is -59.9. The number of ether oxygens (including phenoxy) is 18. The lowest BCUT2D eigenvalue weighted by Crippen LogP contribution is -2.17. The van der Waals surface area contributed by atoms with Gasteiger partial charge in [0.2, 0.25) is 0 Å². The molecule has 0 bridgehead atoms. The highest BCUT2D eigenvalue weighted by molar-refractivity contribution is 5.48. The Morgan fingerprint density at radius 2 is 0.380 bits per heavy atom. The third-order valence-corrected chi connectivity index (χ3v) is 19.8. The summed E-state index contributed by atoms with van der Waals surface area (Å²) < 4.78 is 542. The highest BCUT2D eigenvalue weighted by atomic mass is 16.5. The van der Waals surface area contributed by atoms with Gasteiger partial charge in [-0.3, -0.25) is 0 Å². The number of hydrogen-bond donors (Lipinski definition) is 6. The fourth-order valence-electron chi connectivity index (χ4n) is 12.5. The molecular formula is C126H168O24. The Morgan fingerprint density at radius 3 is 0.573 bits per heavy atom. The molecule has 0 aliphatic rings. The molecular weight excluding hydrogens is 1900 g/mol. The molecule has 0 aromatic heterocycles. The van der Waals surface area contributed by atoms with E-state index in [-0.39, 0.29) is 103 Å². The van der Waals surface area contributed by atoms with Crippen molar-refractivity contribution in [2.75, 3.05) is 124 Å². The molecule has 0 amide bonds. The van der Waals surface area contributed by atoms with Crippen molar-refractivity contribution in [2.45, 2.75) is 232 Å². The summed E-state index contributed by atoms with van der Waals surface area (Å²) in [4.78, 5) is 0. The van der Waals surface area contributed by atoms with Crippen LogP contribution in [0.5, 0.6) is 103 Å². The molecule has 0 fully saturated rings. The minimum atomic E-state index is -3.49. The van der Waals surface area contributed by atoms with Crippen LogP contribution in [0.2, 0.25) is 0 Å². The highest BCUT2D eigenvalue weighted by Gasteiger charge is 2.18. The van der Waals surface area contributed by atoms with Gasteiger partial charge in [-0.2, -0.15) is 0 Å². The van der Waals surface area contributed by atoms with Gasteiger partial charge in [0.15, 0.2) is 69.0 Å². The summed E-state index contributed by atoms with van der Waals surface area (Å²) in [5.41, 5.74) is 5.01. The molecule has 6 atom stereocenters. The zero-order valence-electron chi connectivity index (χ0n) is 142. The maximum Gasteiger partial charge on any atom is 0.160 e. The molecule has 0 heterocycles. The Hall–Kier alpha value is -13.2. The number of aryl methyl sites for hydroxylation is 12. The molecule has 0 aliphatic carbocycles. The molecule has 12 aromatic rings. The summed E-state index contributed by atoms with van der Waals surface area (Å²) in [6, 6.07) is 60.7. The lowest BCUT2D eigenvalue weighted by atomic mass is 10.0. The standard InChI is InChI=1S/6C21H28O4/c6*1-16-7-6-10-19(13-16)25-15-18(22)9-5-4-8-17-11-12-20(23-2)21(14-17)24-3/h6*6-7,10-14,18,22H,4-5,8-9,15H2,1-3H3/i2D3,3D3,8D2,9D2,15D2,18D;3D3,8D2,9D2,15D2,18D;3D3,4D2,9D2,15D2,18D;2D3,8D2,9D2,15D2,18D;8D2,9D2,15D2,18D;4D2,9D2,15D2,18D. The van der Waals surface area contributed by atoms with Crippen LogP contribution in [0.3, 0.4) is 0 Å². The van der Waals surface area contributed by atoms with Gasteiger partial charge < -0.3 is 116 Å². The molecule has 12 aromatic carbocycles. The van der Waals surface area contributed by atoms with Crippen molar-refractivity contribution >= 4 is 0 Å². The fourth-order valence-corrected chi connectivity index (χ4v) is 12.5. The highest BCUT2D eigenvalue weighted by Crippen LogP contribution is 2.36. The Labute approximate surface area is 973 Å². The zero-order valence-corrected chi connectivity index (χ0v) is 85.3. The third-order valence-electron chi connectivity index (χ3n) is 19.8. The van der Waals surface area contributed by atoms with Crippen molar-refractivity contribution < 1.29 is 194 Å². The zero-order chi connectivity index (χ0) is 159. The average molecular weight is 2120 g/mol. The van der Waals surface area contributed by atoms with E-state index in [0.717, 1.165) is 46.5 Å². The van der Waals surface area contributed by atoms with Crippen molar-refractivity contribution in [1.82, 2.24) is 0 Å². The number of rotatable bonds is 60. The molecule has 12 rings (SSSR count).